The summed E-state index contributed by atoms with van der Waals surface area (Å²) in [7, 11) is 0. The van der Waals surface area contributed by atoms with Gasteiger partial charge in [-0.3, -0.25) is 0 Å². The van der Waals surface area contributed by atoms with Crippen LogP contribution in [0.15, 0.2) is 168 Å². The molecule has 0 spiro atoms. The maximum Gasteiger partial charge on any atom is 0.143 e. The van der Waals surface area contributed by atoms with Gasteiger partial charge in [0, 0.05) is 43.4 Å². The van der Waals surface area contributed by atoms with E-state index in [-0.39, 0.29) is 0 Å². The topological polar surface area (TPSA) is 31.0 Å². The molecule has 3 heterocycles. The second-order valence-corrected chi connectivity index (χ2v) is 13.7. The molecule has 0 atom stereocenters. The molecule has 0 radical (unpaired) electrons. The number of benzene rings is 8. The van der Waals surface area contributed by atoms with Crippen LogP contribution in [0, 0.1) is 0 Å². The molecule has 3 heteroatoms. The van der Waals surface area contributed by atoms with Crippen LogP contribution in [0.1, 0.15) is 12.5 Å². The highest BCUT2D eigenvalue weighted by Crippen LogP contribution is 2.46. The van der Waals surface area contributed by atoms with Gasteiger partial charge < -0.3 is 8.98 Å². The molecule has 0 saturated carbocycles. The second kappa shape index (κ2) is 11.1. The summed E-state index contributed by atoms with van der Waals surface area (Å²) in [6.07, 6.45) is 0.892. The maximum atomic E-state index is 6.75. The largest absolute Gasteiger partial charge is 0.455 e. The van der Waals surface area contributed by atoms with Crippen molar-refractivity contribution in [3.8, 4) is 28.1 Å². The highest BCUT2D eigenvalue weighted by atomic mass is 16.3. The number of aromatic nitrogens is 2. The fourth-order valence-electron chi connectivity index (χ4n) is 8.75. The average molecular weight is 665 g/mol. The highest BCUT2D eigenvalue weighted by molar-refractivity contribution is 6.33. The molecule has 0 aliphatic rings. The van der Waals surface area contributed by atoms with Crippen LogP contribution in [-0.4, -0.2) is 9.55 Å². The first-order valence-electron chi connectivity index (χ1n) is 18.0. The molecule has 0 fully saturated rings. The lowest BCUT2D eigenvalue weighted by Gasteiger charge is -2.20. The average Bonchev–Trinajstić information content (AvgIpc) is 3.76. The number of hydrogen-bond donors (Lipinski definition) is 0. The van der Waals surface area contributed by atoms with Gasteiger partial charge in [0.1, 0.15) is 11.2 Å². The fraction of sp³-hybridized carbons (Fsp3) is 0.0408. The van der Waals surface area contributed by atoms with Crippen molar-refractivity contribution in [2.45, 2.75) is 13.3 Å². The van der Waals surface area contributed by atoms with Gasteiger partial charge in [0.25, 0.3) is 0 Å². The third-order valence-corrected chi connectivity index (χ3v) is 11.0. The van der Waals surface area contributed by atoms with Crippen LogP contribution in [0.2, 0.25) is 0 Å². The third-order valence-electron chi connectivity index (χ3n) is 11.0. The lowest BCUT2D eigenvalue weighted by atomic mass is 9.90. The zero-order valence-electron chi connectivity index (χ0n) is 28.6. The predicted octanol–water partition coefficient (Wildman–Crippen LogP) is 13.4. The Balaban J connectivity index is 1.32. The minimum absolute atomic E-state index is 0.892. The lowest BCUT2D eigenvalue weighted by Crippen LogP contribution is -2.02. The zero-order valence-corrected chi connectivity index (χ0v) is 28.6. The van der Waals surface area contributed by atoms with E-state index in [0.717, 1.165) is 72.6 Å². The molecule has 244 valence electrons. The summed E-state index contributed by atoms with van der Waals surface area (Å²) in [6, 6.07) is 58.8. The fourth-order valence-corrected chi connectivity index (χ4v) is 8.75. The van der Waals surface area contributed by atoms with Gasteiger partial charge in [-0.05, 0) is 70.1 Å². The van der Waals surface area contributed by atoms with Gasteiger partial charge in [0.15, 0.2) is 0 Å². The molecule has 3 nitrogen and oxygen atoms in total. The van der Waals surface area contributed by atoms with E-state index in [2.05, 4.69) is 169 Å². The highest BCUT2D eigenvalue weighted by Gasteiger charge is 2.24. The van der Waals surface area contributed by atoms with E-state index >= 15 is 0 Å². The summed E-state index contributed by atoms with van der Waals surface area (Å²) in [4.78, 5) is 5.50. The van der Waals surface area contributed by atoms with Crippen LogP contribution in [0.25, 0.3) is 104 Å². The maximum absolute atomic E-state index is 6.75. The van der Waals surface area contributed by atoms with Gasteiger partial charge in [-0.25, -0.2) is 4.98 Å². The van der Waals surface area contributed by atoms with Gasteiger partial charge in [-0.1, -0.05) is 134 Å². The summed E-state index contributed by atoms with van der Waals surface area (Å²) >= 11 is 0. The molecule has 0 unspecified atom stereocenters. The van der Waals surface area contributed by atoms with Crippen molar-refractivity contribution in [3.05, 3.63) is 169 Å². The molecule has 0 amide bonds. The molecule has 52 heavy (non-hydrogen) atoms. The van der Waals surface area contributed by atoms with Crippen LogP contribution in [0.5, 0.6) is 0 Å². The number of para-hydroxylation sites is 3. The summed E-state index contributed by atoms with van der Waals surface area (Å²) in [5, 5.41) is 10.7. The molecule has 3 aromatic heterocycles. The summed E-state index contributed by atoms with van der Waals surface area (Å²) < 4.78 is 9.22. The number of pyridine rings is 1. The van der Waals surface area contributed by atoms with Crippen LogP contribution in [0.3, 0.4) is 0 Å². The monoisotopic (exact) mass is 664 g/mol. The van der Waals surface area contributed by atoms with Crippen molar-refractivity contribution >= 4 is 76.2 Å². The number of furan rings is 1. The van der Waals surface area contributed by atoms with E-state index < -0.39 is 0 Å². The molecule has 0 bridgehead atoms. The van der Waals surface area contributed by atoms with Crippen molar-refractivity contribution in [1.29, 1.82) is 0 Å². The molecule has 0 N–H and O–H groups in total. The zero-order chi connectivity index (χ0) is 34.3. The van der Waals surface area contributed by atoms with Crippen LogP contribution >= 0.6 is 0 Å². The van der Waals surface area contributed by atoms with Gasteiger partial charge in [0.2, 0.25) is 0 Å². The number of aryl methyl sites for hydroxylation is 1. The van der Waals surface area contributed by atoms with Crippen molar-refractivity contribution in [3.63, 3.8) is 0 Å². The Labute approximate surface area is 300 Å². The minimum atomic E-state index is 0.892. The van der Waals surface area contributed by atoms with Crippen molar-refractivity contribution in [2.24, 2.45) is 0 Å². The van der Waals surface area contributed by atoms with Gasteiger partial charge >= 0.3 is 0 Å². The third kappa shape index (κ3) is 4.05. The molecule has 0 aliphatic heterocycles. The predicted molar refractivity (Wildman–Crippen MR) is 219 cm³/mol. The number of fused-ring (bicyclic) bond motifs is 12. The molecule has 0 saturated heterocycles. The molecular formula is C49H32N2O. The summed E-state index contributed by atoms with van der Waals surface area (Å²) in [5.74, 6) is 0. The Morgan fingerprint density at radius 2 is 1.19 bits per heavy atom. The first-order valence-corrected chi connectivity index (χ1v) is 18.0. The smallest absolute Gasteiger partial charge is 0.143 e. The minimum Gasteiger partial charge on any atom is -0.455 e. The standard InChI is InChI=1S/C49H32N2O/c1-2-33-35-18-8-11-21-39(35)50-48(44(33)31-15-4-3-5-16-31)38-20-9-12-22-40(38)51-41-28-25-30-14-6-7-17-34(30)46(41)47-42(51)29-26-32-24-27-37-36-19-10-13-23-43(36)52-49(37)45(32)47/h3-29H,2H2,1H3. The summed E-state index contributed by atoms with van der Waals surface area (Å²) in [5.41, 5.74) is 12.0. The van der Waals surface area contributed by atoms with E-state index in [1.807, 2.05) is 6.07 Å². The first-order chi connectivity index (χ1) is 25.8. The van der Waals surface area contributed by atoms with Crippen LogP contribution in [0.4, 0.5) is 0 Å². The van der Waals surface area contributed by atoms with Gasteiger partial charge in [-0.15, -0.1) is 0 Å². The molecule has 11 rings (SSSR count). The Hall–Kier alpha value is -6.71. The quantitative estimate of drug-likeness (QED) is 0.187. The first kappa shape index (κ1) is 29.1. The van der Waals surface area contributed by atoms with Gasteiger partial charge in [0.05, 0.1) is 27.9 Å². The van der Waals surface area contributed by atoms with Gasteiger partial charge in [-0.2, -0.15) is 0 Å². The van der Waals surface area contributed by atoms with Crippen molar-refractivity contribution < 1.29 is 4.42 Å². The van der Waals surface area contributed by atoms with E-state index in [1.54, 1.807) is 0 Å². The van der Waals surface area contributed by atoms with Crippen molar-refractivity contribution in [2.75, 3.05) is 0 Å². The van der Waals surface area contributed by atoms with E-state index in [4.69, 9.17) is 9.40 Å². The normalized spacial score (nSPS) is 12.0. The van der Waals surface area contributed by atoms with Crippen LogP contribution in [-0.2, 0) is 6.42 Å². The van der Waals surface area contributed by atoms with E-state index in [0.29, 0.717) is 0 Å². The van der Waals surface area contributed by atoms with Crippen molar-refractivity contribution in [1.82, 2.24) is 9.55 Å². The number of nitrogens with zero attached hydrogens (tertiary/aromatic N) is 2. The Bertz CT molecular complexity index is 3220. The number of hydrogen-bond acceptors (Lipinski definition) is 2. The molecule has 8 aromatic carbocycles. The van der Waals surface area contributed by atoms with E-state index in [1.165, 1.54) is 43.6 Å². The molecule has 11 aromatic rings. The van der Waals surface area contributed by atoms with Crippen LogP contribution < -0.4 is 0 Å². The Morgan fingerprint density at radius 3 is 2.06 bits per heavy atom. The van der Waals surface area contributed by atoms with E-state index in [9.17, 15) is 0 Å². The summed E-state index contributed by atoms with van der Waals surface area (Å²) in [6.45, 7) is 2.26. The molecular weight excluding hydrogens is 633 g/mol. The Kier molecular flexibility index (Phi) is 6.23. The number of rotatable bonds is 4. The lowest BCUT2D eigenvalue weighted by molar-refractivity contribution is 0.673. The molecule has 0 aliphatic carbocycles. The SMILES string of the molecule is CCc1c(-c2ccccc2)c(-c2ccccc2-n2c3ccc4ccccc4c3c3c4c(ccc5c6ccccc6oc54)ccc32)nc2ccccc12. The second-order valence-electron chi connectivity index (χ2n) is 13.7. The Morgan fingerprint density at radius 1 is 0.519 bits per heavy atom.